The Labute approximate surface area is 170 Å². The highest BCUT2D eigenvalue weighted by atomic mass is 32.1. The van der Waals surface area contributed by atoms with Crippen LogP contribution in [0.15, 0.2) is 53.9 Å². The zero-order valence-electron chi connectivity index (χ0n) is 16.6. The van der Waals surface area contributed by atoms with Crippen molar-refractivity contribution in [2.75, 3.05) is 34.5 Å². The maximum absolute atomic E-state index is 5.56. The summed E-state index contributed by atoms with van der Waals surface area (Å²) in [5.41, 5.74) is 3.27. The summed E-state index contributed by atoms with van der Waals surface area (Å²) in [4.78, 5) is 7.20. The Balaban J connectivity index is 1.78. The number of rotatable bonds is 10. The molecule has 0 amide bonds. The molecule has 3 rings (SSSR count). The van der Waals surface area contributed by atoms with Gasteiger partial charge in [0.25, 0.3) is 0 Å². The Morgan fingerprint density at radius 1 is 0.929 bits per heavy atom. The molecular weight excluding hydrogens is 372 g/mol. The first-order valence-electron chi connectivity index (χ1n) is 9.16. The molecule has 3 aromatic rings. The molecule has 0 aliphatic rings. The summed E-state index contributed by atoms with van der Waals surface area (Å²) in [6, 6.07) is 16.3. The van der Waals surface area contributed by atoms with E-state index in [-0.39, 0.29) is 0 Å². The van der Waals surface area contributed by atoms with Crippen molar-refractivity contribution < 1.29 is 14.2 Å². The van der Waals surface area contributed by atoms with E-state index in [0.717, 1.165) is 35.9 Å². The van der Waals surface area contributed by atoms with Crippen molar-refractivity contribution in [3.05, 3.63) is 65.2 Å². The molecule has 0 aliphatic carbocycles. The zero-order chi connectivity index (χ0) is 19.8. The first kappa shape index (κ1) is 20.3. The fourth-order valence-corrected chi connectivity index (χ4v) is 3.90. The molecule has 0 saturated heterocycles. The van der Waals surface area contributed by atoms with E-state index in [1.165, 1.54) is 5.56 Å². The van der Waals surface area contributed by atoms with Gasteiger partial charge in [-0.25, -0.2) is 4.98 Å². The first-order chi connectivity index (χ1) is 13.7. The van der Waals surface area contributed by atoms with E-state index in [1.54, 1.807) is 32.7 Å². The number of methoxy groups -OCH3 is 3. The summed E-state index contributed by atoms with van der Waals surface area (Å²) < 4.78 is 16.3. The Hall–Kier alpha value is -2.41. The van der Waals surface area contributed by atoms with Gasteiger partial charge >= 0.3 is 0 Å². The average molecular weight is 399 g/mol. The van der Waals surface area contributed by atoms with E-state index in [2.05, 4.69) is 34.5 Å². The van der Waals surface area contributed by atoms with E-state index >= 15 is 0 Å². The van der Waals surface area contributed by atoms with Gasteiger partial charge in [0.05, 0.1) is 32.1 Å². The van der Waals surface area contributed by atoms with Gasteiger partial charge < -0.3 is 14.2 Å². The molecule has 2 aromatic carbocycles. The molecule has 1 aromatic heterocycles. The number of benzene rings is 2. The van der Waals surface area contributed by atoms with Gasteiger partial charge in [0.2, 0.25) is 0 Å². The summed E-state index contributed by atoms with van der Waals surface area (Å²) in [6.45, 7) is 3.16. The highest BCUT2D eigenvalue weighted by molar-refractivity contribution is 7.13. The van der Waals surface area contributed by atoms with Gasteiger partial charge in [-0.05, 0) is 17.7 Å². The minimum absolute atomic E-state index is 0.688. The molecule has 6 heteroatoms. The van der Waals surface area contributed by atoms with Crippen LogP contribution >= 0.6 is 11.3 Å². The maximum atomic E-state index is 5.56. The van der Waals surface area contributed by atoms with Crippen LogP contribution in [0.4, 0.5) is 0 Å². The quantitative estimate of drug-likeness (QED) is 0.504. The van der Waals surface area contributed by atoms with Gasteiger partial charge in [0.1, 0.15) is 5.01 Å². The van der Waals surface area contributed by atoms with Crippen molar-refractivity contribution in [3.63, 3.8) is 0 Å². The Morgan fingerprint density at radius 3 is 2.46 bits per heavy atom. The van der Waals surface area contributed by atoms with Crippen LogP contribution in [0, 0.1) is 0 Å². The van der Waals surface area contributed by atoms with Crippen molar-refractivity contribution in [2.24, 2.45) is 0 Å². The minimum atomic E-state index is 0.688. The lowest BCUT2D eigenvalue weighted by Crippen LogP contribution is -2.26. The van der Waals surface area contributed by atoms with E-state index in [0.29, 0.717) is 18.1 Å². The molecule has 0 bridgehead atoms. The van der Waals surface area contributed by atoms with Crippen LogP contribution in [-0.4, -0.2) is 44.4 Å². The lowest BCUT2D eigenvalue weighted by atomic mass is 10.2. The van der Waals surface area contributed by atoms with Crippen LogP contribution in [0.1, 0.15) is 11.3 Å². The van der Waals surface area contributed by atoms with Crippen LogP contribution in [-0.2, 0) is 17.8 Å². The molecule has 0 saturated carbocycles. The molecule has 0 aliphatic heterocycles. The van der Waals surface area contributed by atoms with Gasteiger partial charge in [-0.3, -0.25) is 4.90 Å². The van der Waals surface area contributed by atoms with Crippen molar-refractivity contribution >= 4 is 11.3 Å². The average Bonchev–Trinajstić information content (AvgIpc) is 3.20. The number of para-hydroxylation sites is 1. The number of ether oxygens (including phenoxy) is 3. The summed E-state index contributed by atoms with van der Waals surface area (Å²) in [5, 5.41) is 3.04. The third-order valence-corrected chi connectivity index (χ3v) is 5.36. The number of hydrogen-bond acceptors (Lipinski definition) is 6. The fraction of sp³-hybridized carbons (Fsp3) is 0.318. The summed E-state index contributed by atoms with van der Waals surface area (Å²) in [5.74, 6) is 1.42. The lowest BCUT2D eigenvalue weighted by Gasteiger charge is -2.21. The molecule has 0 unspecified atom stereocenters. The third-order valence-electron chi connectivity index (χ3n) is 4.43. The minimum Gasteiger partial charge on any atom is -0.493 e. The maximum Gasteiger partial charge on any atom is 0.170 e. The Morgan fingerprint density at radius 2 is 1.75 bits per heavy atom. The number of thiazole rings is 1. The summed E-state index contributed by atoms with van der Waals surface area (Å²) in [7, 11) is 5.03. The fourth-order valence-electron chi connectivity index (χ4n) is 3.06. The van der Waals surface area contributed by atoms with Gasteiger partial charge in [0, 0.05) is 32.1 Å². The Bertz CT molecular complexity index is 867. The molecule has 5 nitrogen and oxygen atoms in total. The zero-order valence-corrected chi connectivity index (χ0v) is 17.4. The monoisotopic (exact) mass is 398 g/mol. The van der Waals surface area contributed by atoms with Crippen LogP contribution < -0.4 is 9.47 Å². The van der Waals surface area contributed by atoms with Crippen LogP contribution in [0.5, 0.6) is 11.5 Å². The molecule has 1 heterocycles. The number of hydrogen-bond donors (Lipinski definition) is 0. The van der Waals surface area contributed by atoms with Crippen molar-refractivity contribution in [2.45, 2.75) is 13.1 Å². The first-order valence-corrected chi connectivity index (χ1v) is 10.0. The standard InChI is InChI=1S/C22H26N2O3S/c1-25-13-12-24(14-17-8-5-4-6-9-17)15-18-16-28-22(23-18)19-10-7-11-20(26-2)21(19)27-3/h4-11,16H,12-15H2,1-3H3. The van der Waals surface area contributed by atoms with Crippen LogP contribution in [0.3, 0.4) is 0 Å². The molecule has 0 spiro atoms. The lowest BCUT2D eigenvalue weighted by molar-refractivity contribution is 0.139. The predicted molar refractivity (Wildman–Crippen MR) is 113 cm³/mol. The van der Waals surface area contributed by atoms with E-state index < -0.39 is 0 Å². The molecule has 0 N–H and O–H groups in total. The predicted octanol–water partition coefficient (Wildman–Crippen LogP) is 4.48. The molecule has 0 radical (unpaired) electrons. The largest absolute Gasteiger partial charge is 0.493 e. The smallest absolute Gasteiger partial charge is 0.170 e. The van der Waals surface area contributed by atoms with Gasteiger partial charge in [-0.1, -0.05) is 36.4 Å². The third kappa shape index (κ3) is 5.10. The highest BCUT2D eigenvalue weighted by Crippen LogP contribution is 2.39. The van der Waals surface area contributed by atoms with E-state index in [1.807, 2.05) is 24.3 Å². The second kappa shape index (κ2) is 10.2. The van der Waals surface area contributed by atoms with Crippen LogP contribution in [0.25, 0.3) is 10.6 Å². The number of aromatic nitrogens is 1. The van der Waals surface area contributed by atoms with Gasteiger partial charge in [0.15, 0.2) is 11.5 Å². The second-order valence-corrected chi connectivity index (χ2v) is 7.23. The number of nitrogens with zero attached hydrogens (tertiary/aromatic N) is 2. The normalized spacial score (nSPS) is 11.0. The topological polar surface area (TPSA) is 43.8 Å². The van der Waals surface area contributed by atoms with Crippen molar-refractivity contribution in [3.8, 4) is 22.1 Å². The summed E-state index contributed by atoms with van der Waals surface area (Å²) in [6.07, 6.45) is 0. The van der Waals surface area contributed by atoms with E-state index in [9.17, 15) is 0 Å². The summed E-state index contributed by atoms with van der Waals surface area (Å²) >= 11 is 1.62. The SMILES string of the molecule is COCCN(Cc1ccccc1)Cc1csc(-c2cccc(OC)c2OC)n1. The molecule has 0 atom stereocenters. The van der Waals surface area contributed by atoms with Crippen molar-refractivity contribution in [1.82, 2.24) is 9.88 Å². The van der Waals surface area contributed by atoms with Crippen molar-refractivity contribution in [1.29, 1.82) is 0 Å². The van der Waals surface area contributed by atoms with E-state index in [4.69, 9.17) is 19.2 Å². The molecule has 148 valence electrons. The molecule has 28 heavy (non-hydrogen) atoms. The highest BCUT2D eigenvalue weighted by Gasteiger charge is 2.16. The molecular formula is C22H26N2O3S. The van der Waals surface area contributed by atoms with Gasteiger partial charge in [-0.15, -0.1) is 11.3 Å². The molecule has 0 fully saturated rings. The van der Waals surface area contributed by atoms with Gasteiger partial charge in [-0.2, -0.15) is 0 Å². The van der Waals surface area contributed by atoms with Crippen LogP contribution in [0.2, 0.25) is 0 Å². The Kier molecular flexibility index (Phi) is 7.42. The second-order valence-electron chi connectivity index (χ2n) is 6.37.